The maximum absolute atomic E-state index is 13.4. The van der Waals surface area contributed by atoms with Gasteiger partial charge in [0.2, 0.25) is 0 Å². The fourth-order valence-corrected chi connectivity index (χ4v) is 5.50. The Labute approximate surface area is 240 Å². The van der Waals surface area contributed by atoms with Gasteiger partial charge in [0.15, 0.2) is 12.0 Å². The van der Waals surface area contributed by atoms with Gasteiger partial charge in [-0.25, -0.2) is 0 Å². The average molecular weight is 586 g/mol. The number of aliphatic imine (C=N–C) groups is 1. The van der Waals surface area contributed by atoms with E-state index in [1.807, 2.05) is 42.5 Å². The molecule has 0 spiro atoms. The van der Waals surface area contributed by atoms with Gasteiger partial charge in [0.25, 0.3) is 5.91 Å². The van der Waals surface area contributed by atoms with E-state index >= 15 is 0 Å². The highest BCUT2D eigenvalue weighted by molar-refractivity contribution is 9.10. The number of benzene rings is 4. The molecule has 1 amide bonds. The van der Waals surface area contributed by atoms with E-state index in [1.54, 1.807) is 18.2 Å². The predicted molar refractivity (Wildman–Crippen MR) is 164 cm³/mol. The van der Waals surface area contributed by atoms with Crippen LogP contribution in [0, 0.1) is 0 Å². The smallest absolute Gasteiger partial charge is 0.305 e. The Hall–Kier alpha value is -4.69. The number of ether oxygens (including phenoxy) is 1. The van der Waals surface area contributed by atoms with Crippen LogP contribution in [0.5, 0.6) is 0 Å². The number of hydrogen-bond acceptors (Lipinski definition) is 4. The molecule has 5 aromatic rings. The summed E-state index contributed by atoms with van der Waals surface area (Å²) < 4.78 is 8.71. The molecule has 2 radical (unpaired) electrons. The average Bonchev–Trinajstić information content (AvgIpc) is 3.44. The van der Waals surface area contributed by atoms with Gasteiger partial charge in [0, 0.05) is 33.0 Å². The van der Waals surface area contributed by atoms with Gasteiger partial charge in [-0.15, -0.1) is 6.58 Å². The third kappa shape index (κ3) is 4.46. The third-order valence-corrected chi connectivity index (χ3v) is 7.26. The van der Waals surface area contributed by atoms with Crippen LogP contribution < -0.4 is 5.46 Å². The number of aldehydes is 1. The lowest BCUT2D eigenvalue weighted by atomic mass is 9.94. The first-order chi connectivity index (χ1) is 19.5. The van der Waals surface area contributed by atoms with Crippen LogP contribution in [0.15, 0.2) is 113 Å². The zero-order chi connectivity index (χ0) is 27.8. The van der Waals surface area contributed by atoms with E-state index in [2.05, 4.69) is 62.4 Å². The second kappa shape index (κ2) is 10.5. The van der Waals surface area contributed by atoms with Crippen molar-refractivity contribution in [3.05, 3.63) is 119 Å². The van der Waals surface area contributed by atoms with Crippen molar-refractivity contribution in [2.75, 3.05) is 6.54 Å². The molecule has 6 nitrogen and oxygen atoms in total. The molecule has 0 saturated carbocycles. The van der Waals surface area contributed by atoms with Crippen LogP contribution in [0.25, 0.3) is 33.6 Å². The van der Waals surface area contributed by atoms with Crippen molar-refractivity contribution in [3.63, 3.8) is 0 Å². The van der Waals surface area contributed by atoms with Crippen LogP contribution in [0.1, 0.15) is 15.9 Å². The first-order valence-corrected chi connectivity index (χ1v) is 13.3. The number of hydrogen-bond donors (Lipinski definition) is 0. The van der Waals surface area contributed by atoms with Crippen molar-refractivity contribution in [2.45, 2.75) is 0 Å². The molecule has 1 aromatic heterocycles. The number of amidine groups is 1. The number of halogens is 1. The summed E-state index contributed by atoms with van der Waals surface area (Å²) in [5.41, 5.74) is 5.01. The summed E-state index contributed by atoms with van der Waals surface area (Å²) in [7, 11) is 5.87. The summed E-state index contributed by atoms with van der Waals surface area (Å²) in [4.78, 5) is 30.9. The van der Waals surface area contributed by atoms with Gasteiger partial charge in [-0.2, -0.15) is 4.99 Å². The minimum Gasteiger partial charge on any atom is -0.419 e. The topological polar surface area (TPSA) is 63.9 Å². The molecule has 1 saturated heterocycles. The molecule has 1 aliphatic heterocycles. The highest BCUT2D eigenvalue weighted by Crippen LogP contribution is 2.34. The molecule has 0 N–H and O–H groups in total. The van der Waals surface area contributed by atoms with Gasteiger partial charge in [-0.3, -0.25) is 14.5 Å². The molecule has 40 heavy (non-hydrogen) atoms. The molecule has 8 heteroatoms. The Balaban J connectivity index is 1.45. The van der Waals surface area contributed by atoms with Crippen molar-refractivity contribution < 1.29 is 14.3 Å². The van der Waals surface area contributed by atoms with Crippen molar-refractivity contribution in [1.29, 1.82) is 0 Å². The van der Waals surface area contributed by atoms with Crippen molar-refractivity contribution >= 4 is 81.0 Å². The number of para-hydroxylation sites is 2. The molecule has 0 atom stereocenters. The van der Waals surface area contributed by atoms with Crippen LogP contribution in [-0.2, 0) is 9.53 Å². The van der Waals surface area contributed by atoms with Crippen molar-refractivity contribution in [1.82, 2.24) is 9.47 Å². The van der Waals surface area contributed by atoms with E-state index in [1.165, 1.54) is 11.0 Å². The van der Waals surface area contributed by atoms with Gasteiger partial charge in [-0.1, -0.05) is 66.1 Å². The van der Waals surface area contributed by atoms with Crippen molar-refractivity contribution in [2.24, 2.45) is 4.99 Å². The number of aromatic nitrogens is 1. The monoisotopic (exact) mass is 585 g/mol. The summed E-state index contributed by atoms with van der Waals surface area (Å²) in [6.45, 7) is 3.94. The minimum atomic E-state index is -0.357. The molecule has 2 heterocycles. The van der Waals surface area contributed by atoms with Crippen LogP contribution in [0.3, 0.4) is 0 Å². The predicted octanol–water partition coefficient (Wildman–Crippen LogP) is 6.23. The minimum absolute atomic E-state index is 0.0477. The number of rotatable bonds is 6. The van der Waals surface area contributed by atoms with E-state index in [-0.39, 0.29) is 29.8 Å². The highest BCUT2D eigenvalue weighted by Gasteiger charge is 2.34. The molecule has 0 bridgehead atoms. The van der Waals surface area contributed by atoms with E-state index in [4.69, 9.17) is 12.6 Å². The highest BCUT2D eigenvalue weighted by atomic mass is 79.9. The number of carbonyl (C=O) groups excluding carboxylic acids is 2. The molecule has 0 unspecified atom stereocenters. The van der Waals surface area contributed by atoms with Gasteiger partial charge < -0.3 is 9.30 Å². The third-order valence-electron chi connectivity index (χ3n) is 6.66. The van der Waals surface area contributed by atoms with E-state index in [9.17, 15) is 9.59 Å². The lowest BCUT2D eigenvalue weighted by molar-refractivity contribution is -0.122. The lowest BCUT2D eigenvalue weighted by Gasteiger charge is -2.11. The first-order valence-electron chi connectivity index (χ1n) is 12.5. The zero-order valence-electron chi connectivity index (χ0n) is 21.3. The maximum atomic E-state index is 13.4. The molecule has 1 aliphatic rings. The molecular weight excluding hydrogens is 565 g/mol. The van der Waals surface area contributed by atoms with E-state index in [0.29, 0.717) is 21.9 Å². The fourth-order valence-electron chi connectivity index (χ4n) is 4.91. The summed E-state index contributed by atoms with van der Waals surface area (Å²) >= 11 is 3.41. The number of fused-ring (bicyclic) bond motifs is 3. The summed E-state index contributed by atoms with van der Waals surface area (Å²) in [5.74, 6) is -0.240. The molecular formula is C32H21BBrN3O3. The summed E-state index contributed by atoms with van der Waals surface area (Å²) in [5, 5.41) is 2.16. The van der Waals surface area contributed by atoms with Gasteiger partial charge in [0.05, 0.1) is 16.7 Å². The van der Waals surface area contributed by atoms with Gasteiger partial charge >= 0.3 is 6.02 Å². The van der Waals surface area contributed by atoms with Crippen LogP contribution in [0.2, 0.25) is 0 Å². The first kappa shape index (κ1) is 25.6. The van der Waals surface area contributed by atoms with Gasteiger partial charge in [-0.05, 0) is 57.9 Å². The van der Waals surface area contributed by atoms with Crippen molar-refractivity contribution in [3.8, 4) is 5.69 Å². The lowest BCUT2D eigenvalue weighted by Crippen LogP contribution is -2.29. The quantitative estimate of drug-likeness (QED) is 0.103. The molecule has 192 valence electrons. The fraction of sp³-hybridized carbons (Fsp3) is 0.0312. The molecule has 4 aromatic carbocycles. The second-order valence-corrected chi connectivity index (χ2v) is 10.1. The normalized spacial score (nSPS) is 15.3. The van der Waals surface area contributed by atoms with E-state index in [0.717, 1.165) is 33.1 Å². The summed E-state index contributed by atoms with van der Waals surface area (Å²) in [6.07, 6.45) is 3.95. The molecule has 1 fully saturated rings. The van der Waals surface area contributed by atoms with Crippen LogP contribution in [-0.4, -0.2) is 42.1 Å². The molecule has 6 rings (SSSR count). The summed E-state index contributed by atoms with van der Waals surface area (Å²) in [6, 6.07) is 27.7. The SMILES string of the molecule is [B]c1cc(Br)c(N=C2O/C(=C/c3ccc4c(c3)c3ccccc3n4-c3ccccc3)C(=O)N2CC=C)c(C=O)c1. The Bertz CT molecular complexity index is 1890. The Morgan fingerprint density at radius 3 is 2.48 bits per heavy atom. The second-order valence-electron chi connectivity index (χ2n) is 9.23. The molecule has 0 aliphatic carbocycles. The van der Waals surface area contributed by atoms with E-state index < -0.39 is 0 Å². The number of amides is 1. The standard InChI is InChI=1S/C32H21BBrN3O3/c1-2-14-36-31(39)29(40-32(36)35-30-21(19-38)17-22(33)18-26(30)34)16-20-12-13-28-25(15-20)24-10-6-7-11-27(24)37(28)23-8-4-3-5-9-23/h2-13,15-19H,1,14H2/b29-16+,35-32?. The Morgan fingerprint density at radius 2 is 1.70 bits per heavy atom. The maximum Gasteiger partial charge on any atom is 0.305 e. The van der Waals surface area contributed by atoms with Crippen LogP contribution >= 0.6 is 15.9 Å². The Morgan fingerprint density at radius 1 is 0.950 bits per heavy atom. The number of carbonyl (C=O) groups is 2. The zero-order valence-corrected chi connectivity index (χ0v) is 22.8. The van der Waals surface area contributed by atoms with Crippen LogP contribution in [0.4, 0.5) is 5.69 Å². The largest absolute Gasteiger partial charge is 0.419 e. The van der Waals surface area contributed by atoms with Gasteiger partial charge in [0.1, 0.15) is 7.85 Å². The number of nitrogens with zero attached hydrogens (tertiary/aromatic N) is 3. The Kier molecular flexibility index (Phi) is 6.70.